The first-order chi connectivity index (χ1) is 8.85. The highest BCUT2D eigenvalue weighted by molar-refractivity contribution is 4.44. The van der Waals surface area contributed by atoms with Gasteiger partial charge in [-0.15, -0.1) is 0 Å². The molecule has 110 valence electrons. The van der Waals surface area contributed by atoms with Crippen LogP contribution in [0.2, 0.25) is 0 Å². The molecule has 0 aliphatic heterocycles. The van der Waals surface area contributed by atoms with Crippen LogP contribution in [0.4, 0.5) is 0 Å². The van der Waals surface area contributed by atoms with Crippen LogP contribution in [0.25, 0.3) is 0 Å². The standard InChI is InChI=1S/C13H28O5/c1-4-17-13(18-5-2)7-10-16-12-11-15-9-6-8-14-3/h13H,4-12H2,1-3H3. The fourth-order valence-electron chi connectivity index (χ4n) is 1.39. The second-order valence-corrected chi connectivity index (χ2v) is 3.70. The molecule has 0 saturated carbocycles. The van der Waals surface area contributed by atoms with E-state index >= 15 is 0 Å². The monoisotopic (exact) mass is 264 g/mol. The van der Waals surface area contributed by atoms with Gasteiger partial charge in [0.1, 0.15) is 0 Å². The fraction of sp³-hybridized carbons (Fsp3) is 1.00. The Morgan fingerprint density at radius 3 is 1.94 bits per heavy atom. The molecule has 0 aromatic rings. The highest BCUT2D eigenvalue weighted by Crippen LogP contribution is 2.01. The van der Waals surface area contributed by atoms with Crippen LogP contribution in [-0.4, -0.2) is 59.6 Å². The summed E-state index contributed by atoms with van der Waals surface area (Å²) in [7, 11) is 1.69. The van der Waals surface area contributed by atoms with Crippen molar-refractivity contribution in [3.8, 4) is 0 Å². The molecule has 0 heterocycles. The Hall–Kier alpha value is -0.200. The number of methoxy groups -OCH3 is 1. The average molecular weight is 264 g/mol. The molecule has 0 aliphatic carbocycles. The molecule has 0 rings (SSSR count). The van der Waals surface area contributed by atoms with Crippen molar-refractivity contribution in [1.29, 1.82) is 0 Å². The van der Waals surface area contributed by atoms with Crippen molar-refractivity contribution in [2.75, 3.05) is 53.4 Å². The lowest BCUT2D eigenvalue weighted by Crippen LogP contribution is -2.20. The van der Waals surface area contributed by atoms with Crippen LogP contribution in [-0.2, 0) is 23.7 Å². The van der Waals surface area contributed by atoms with E-state index in [-0.39, 0.29) is 6.29 Å². The summed E-state index contributed by atoms with van der Waals surface area (Å²) in [6, 6.07) is 0. The van der Waals surface area contributed by atoms with E-state index in [1.165, 1.54) is 0 Å². The molecule has 5 heteroatoms. The second kappa shape index (κ2) is 14.9. The molecular formula is C13H28O5. The van der Waals surface area contributed by atoms with E-state index in [1.807, 2.05) is 13.8 Å². The third-order valence-electron chi connectivity index (χ3n) is 2.21. The molecule has 0 aliphatic rings. The van der Waals surface area contributed by atoms with Crippen LogP contribution in [0.5, 0.6) is 0 Å². The lowest BCUT2D eigenvalue weighted by molar-refractivity contribution is -0.147. The summed E-state index contributed by atoms with van der Waals surface area (Å²) in [6.07, 6.45) is 1.53. The molecule has 0 bridgehead atoms. The first-order valence-corrected chi connectivity index (χ1v) is 6.72. The Morgan fingerprint density at radius 2 is 1.39 bits per heavy atom. The van der Waals surface area contributed by atoms with Gasteiger partial charge >= 0.3 is 0 Å². The van der Waals surface area contributed by atoms with E-state index in [4.69, 9.17) is 23.7 Å². The van der Waals surface area contributed by atoms with Gasteiger partial charge in [-0.1, -0.05) is 0 Å². The van der Waals surface area contributed by atoms with Gasteiger partial charge in [-0.2, -0.15) is 0 Å². The molecular weight excluding hydrogens is 236 g/mol. The molecule has 0 N–H and O–H groups in total. The van der Waals surface area contributed by atoms with E-state index in [0.717, 1.165) is 26.1 Å². The van der Waals surface area contributed by atoms with Crippen LogP contribution in [0.3, 0.4) is 0 Å². The molecule has 0 radical (unpaired) electrons. The van der Waals surface area contributed by atoms with Gasteiger partial charge in [0, 0.05) is 40.0 Å². The van der Waals surface area contributed by atoms with Crippen molar-refractivity contribution >= 4 is 0 Å². The van der Waals surface area contributed by atoms with Gasteiger partial charge in [-0.25, -0.2) is 0 Å². The van der Waals surface area contributed by atoms with Gasteiger partial charge in [-0.3, -0.25) is 0 Å². The molecule has 0 saturated heterocycles. The first-order valence-electron chi connectivity index (χ1n) is 6.72. The van der Waals surface area contributed by atoms with Crippen molar-refractivity contribution in [3.63, 3.8) is 0 Å². The predicted octanol–water partition coefficient (Wildman–Crippen LogP) is 1.85. The summed E-state index contributed by atoms with van der Waals surface area (Å²) < 4.78 is 26.6. The zero-order valence-electron chi connectivity index (χ0n) is 12.0. The number of rotatable bonds is 14. The minimum atomic E-state index is -0.150. The van der Waals surface area contributed by atoms with Crippen LogP contribution in [0.15, 0.2) is 0 Å². The highest BCUT2D eigenvalue weighted by Gasteiger charge is 2.06. The molecule has 0 aromatic heterocycles. The van der Waals surface area contributed by atoms with E-state index in [9.17, 15) is 0 Å². The zero-order chi connectivity index (χ0) is 13.5. The minimum absolute atomic E-state index is 0.150. The van der Waals surface area contributed by atoms with Gasteiger partial charge < -0.3 is 23.7 Å². The summed E-state index contributed by atoms with van der Waals surface area (Å²) in [6.45, 7) is 8.56. The molecule has 18 heavy (non-hydrogen) atoms. The first kappa shape index (κ1) is 17.8. The van der Waals surface area contributed by atoms with Crippen molar-refractivity contribution < 1.29 is 23.7 Å². The zero-order valence-corrected chi connectivity index (χ0v) is 12.0. The molecule has 0 atom stereocenters. The molecule has 0 fully saturated rings. The lowest BCUT2D eigenvalue weighted by Gasteiger charge is -2.16. The van der Waals surface area contributed by atoms with Gasteiger partial charge in [-0.05, 0) is 20.3 Å². The van der Waals surface area contributed by atoms with Crippen molar-refractivity contribution in [2.45, 2.75) is 33.0 Å². The maximum atomic E-state index is 5.45. The molecule has 0 spiro atoms. The Kier molecular flexibility index (Phi) is 14.7. The number of ether oxygens (including phenoxy) is 5. The molecule has 0 unspecified atom stereocenters. The Bertz CT molecular complexity index is 148. The fourth-order valence-corrected chi connectivity index (χ4v) is 1.39. The van der Waals surface area contributed by atoms with E-state index in [2.05, 4.69) is 0 Å². The normalized spacial score (nSPS) is 11.3. The third kappa shape index (κ3) is 12.3. The molecule has 0 aromatic carbocycles. The smallest absolute Gasteiger partial charge is 0.159 e. The average Bonchev–Trinajstić information content (AvgIpc) is 2.37. The maximum Gasteiger partial charge on any atom is 0.159 e. The highest BCUT2D eigenvalue weighted by atomic mass is 16.7. The van der Waals surface area contributed by atoms with Gasteiger partial charge in [0.2, 0.25) is 0 Å². The molecule has 5 nitrogen and oxygen atoms in total. The third-order valence-corrected chi connectivity index (χ3v) is 2.21. The Labute approximate surface area is 111 Å². The molecule has 0 amide bonds. The van der Waals surface area contributed by atoms with Crippen LogP contribution in [0, 0.1) is 0 Å². The SMILES string of the molecule is CCOC(CCOCCOCCCOC)OCC. The Morgan fingerprint density at radius 1 is 0.778 bits per heavy atom. The van der Waals surface area contributed by atoms with Crippen molar-refractivity contribution in [3.05, 3.63) is 0 Å². The number of hydrogen-bond acceptors (Lipinski definition) is 5. The predicted molar refractivity (Wildman–Crippen MR) is 69.8 cm³/mol. The van der Waals surface area contributed by atoms with Crippen molar-refractivity contribution in [2.24, 2.45) is 0 Å². The van der Waals surface area contributed by atoms with Crippen LogP contribution in [0.1, 0.15) is 26.7 Å². The van der Waals surface area contributed by atoms with Gasteiger partial charge in [0.25, 0.3) is 0 Å². The largest absolute Gasteiger partial charge is 0.385 e. The maximum absolute atomic E-state index is 5.45. The van der Waals surface area contributed by atoms with Crippen LogP contribution >= 0.6 is 0 Å². The van der Waals surface area contributed by atoms with Gasteiger partial charge in [0.05, 0.1) is 19.8 Å². The second-order valence-electron chi connectivity index (χ2n) is 3.70. The van der Waals surface area contributed by atoms with E-state index in [0.29, 0.717) is 33.0 Å². The van der Waals surface area contributed by atoms with Crippen LogP contribution < -0.4 is 0 Å². The topological polar surface area (TPSA) is 46.2 Å². The number of hydrogen-bond donors (Lipinski definition) is 0. The summed E-state index contributed by atoms with van der Waals surface area (Å²) in [5.41, 5.74) is 0. The summed E-state index contributed by atoms with van der Waals surface area (Å²) in [5.74, 6) is 0. The summed E-state index contributed by atoms with van der Waals surface area (Å²) in [5, 5.41) is 0. The van der Waals surface area contributed by atoms with E-state index in [1.54, 1.807) is 7.11 Å². The van der Waals surface area contributed by atoms with Gasteiger partial charge in [0.15, 0.2) is 6.29 Å². The quantitative estimate of drug-likeness (QED) is 0.354. The van der Waals surface area contributed by atoms with E-state index < -0.39 is 0 Å². The summed E-state index contributed by atoms with van der Waals surface area (Å²) >= 11 is 0. The minimum Gasteiger partial charge on any atom is -0.385 e. The summed E-state index contributed by atoms with van der Waals surface area (Å²) in [4.78, 5) is 0. The van der Waals surface area contributed by atoms with Crippen molar-refractivity contribution in [1.82, 2.24) is 0 Å². The Balaban J connectivity index is 3.21. The lowest BCUT2D eigenvalue weighted by atomic mass is 10.4.